The summed E-state index contributed by atoms with van der Waals surface area (Å²) in [6.07, 6.45) is 5.04. The van der Waals surface area contributed by atoms with E-state index >= 15 is 0 Å². The molecule has 0 atom stereocenters. The quantitative estimate of drug-likeness (QED) is 0.284. The van der Waals surface area contributed by atoms with Crippen LogP contribution in [0.5, 0.6) is 11.6 Å². The van der Waals surface area contributed by atoms with E-state index in [2.05, 4.69) is 57.2 Å². The average molecular weight is 429 g/mol. The number of piperazine rings is 1. The zero-order valence-electron chi connectivity index (χ0n) is 18.4. The van der Waals surface area contributed by atoms with Crippen molar-refractivity contribution >= 4 is 11.5 Å². The van der Waals surface area contributed by atoms with E-state index in [9.17, 15) is 5.21 Å². The number of amidine groups is 1. The van der Waals surface area contributed by atoms with Crippen LogP contribution in [-0.4, -0.2) is 47.1 Å². The van der Waals surface area contributed by atoms with E-state index in [4.69, 9.17) is 4.74 Å². The predicted molar refractivity (Wildman–Crippen MR) is 126 cm³/mol. The summed E-state index contributed by atoms with van der Waals surface area (Å²) in [5.74, 6) is 1.95. The number of oxime groups is 1. The van der Waals surface area contributed by atoms with Crippen LogP contribution in [0, 0.1) is 6.92 Å². The molecule has 0 radical (unpaired) electrons. The van der Waals surface area contributed by atoms with Gasteiger partial charge in [-0.1, -0.05) is 29.4 Å². The van der Waals surface area contributed by atoms with Gasteiger partial charge in [-0.2, -0.15) is 0 Å². The Labute approximate surface area is 188 Å². The van der Waals surface area contributed by atoms with Crippen molar-refractivity contribution in [3.05, 3.63) is 83.0 Å². The lowest BCUT2D eigenvalue weighted by Crippen LogP contribution is -2.49. The predicted octanol–water partition coefficient (Wildman–Crippen LogP) is 4.63. The SMILES string of the molecule is Cc1ccc(Oc2cc(/C(=N/O)N3CCN(c4ccccc4)CC3)ccn2)c2c1CCC2. The van der Waals surface area contributed by atoms with Gasteiger partial charge in [-0.05, 0) is 67.1 Å². The molecule has 0 saturated carbocycles. The first-order valence-electron chi connectivity index (χ1n) is 11.3. The molecule has 1 aliphatic heterocycles. The maximum Gasteiger partial charge on any atom is 0.219 e. The topological polar surface area (TPSA) is 61.2 Å². The Morgan fingerprint density at radius 1 is 0.969 bits per heavy atom. The Kier molecular flexibility index (Phi) is 5.67. The molecule has 164 valence electrons. The number of para-hydroxylation sites is 1. The van der Waals surface area contributed by atoms with Crippen molar-refractivity contribution in [2.75, 3.05) is 31.1 Å². The van der Waals surface area contributed by atoms with Crippen molar-refractivity contribution in [1.82, 2.24) is 9.88 Å². The zero-order valence-corrected chi connectivity index (χ0v) is 18.4. The van der Waals surface area contributed by atoms with E-state index in [-0.39, 0.29) is 0 Å². The first kappa shape index (κ1) is 20.4. The molecular formula is C26H28N4O2. The highest BCUT2D eigenvalue weighted by Crippen LogP contribution is 2.35. The van der Waals surface area contributed by atoms with E-state index in [1.54, 1.807) is 6.20 Å². The van der Waals surface area contributed by atoms with Gasteiger partial charge in [0, 0.05) is 49.7 Å². The Morgan fingerprint density at radius 3 is 2.53 bits per heavy atom. The minimum atomic E-state index is 0.518. The molecular weight excluding hydrogens is 400 g/mol. The number of nitrogens with zero attached hydrogens (tertiary/aromatic N) is 4. The second-order valence-corrected chi connectivity index (χ2v) is 8.41. The van der Waals surface area contributed by atoms with Crippen LogP contribution in [0.15, 0.2) is 65.9 Å². The minimum absolute atomic E-state index is 0.518. The zero-order chi connectivity index (χ0) is 21.9. The van der Waals surface area contributed by atoms with Crippen molar-refractivity contribution in [1.29, 1.82) is 0 Å². The van der Waals surface area contributed by atoms with Gasteiger partial charge >= 0.3 is 0 Å². The van der Waals surface area contributed by atoms with E-state index in [0.717, 1.165) is 50.3 Å². The third kappa shape index (κ3) is 4.00. The summed E-state index contributed by atoms with van der Waals surface area (Å²) in [6, 6.07) is 18.3. The van der Waals surface area contributed by atoms with Gasteiger partial charge in [-0.25, -0.2) is 4.98 Å². The molecule has 1 aliphatic carbocycles. The second kappa shape index (κ2) is 8.91. The molecule has 3 aromatic rings. The van der Waals surface area contributed by atoms with Crippen molar-refractivity contribution in [2.45, 2.75) is 26.2 Å². The average Bonchev–Trinajstić information content (AvgIpc) is 3.34. The highest BCUT2D eigenvalue weighted by atomic mass is 16.5. The fourth-order valence-corrected chi connectivity index (χ4v) is 4.78. The first-order chi connectivity index (χ1) is 15.7. The van der Waals surface area contributed by atoms with Gasteiger partial charge in [-0.3, -0.25) is 0 Å². The molecule has 0 amide bonds. The number of anilines is 1. The molecule has 1 aromatic heterocycles. The molecule has 32 heavy (non-hydrogen) atoms. The van der Waals surface area contributed by atoms with Gasteiger partial charge in [0.25, 0.3) is 0 Å². The number of hydrogen-bond donors (Lipinski definition) is 1. The molecule has 1 fully saturated rings. The highest BCUT2D eigenvalue weighted by molar-refractivity contribution is 5.98. The number of hydrogen-bond acceptors (Lipinski definition) is 5. The van der Waals surface area contributed by atoms with Crippen LogP contribution in [0.1, 0.15) is 28.7 Å². The third-order valence-electron chi connectivity index (χ3n) is 6.48. The molecule has 2 aromatic carbocycles. The summed E-state index contributed by atoms with van der Waals surface area (Å²) in [5, 5.41) is 13.5. The van der Waals surface area contributed by atoms with Crippen molar-refractivity contribution in [2.24, 2.45) is 5.16 Å². The van der Waals surface area contributed by atoms with E-state index < -0.39 is 0 Å². The van der Waals surface area contributed by atoms with Crippen molar-refractivity contribution < 1.29 is 9.94 Å². The largest absolute Gasteiger partial charge is 0.439 e. The fraction of sp³-hybridized carbons (Fsp3) is 0.308. The lowest BCUT2D eigenvalue weighted by molar-refractivity contribution is 0.296. The number of benzene rings is 2. The number of pyridine rings is 1. The summed E-state index contributed by atoms with van der Waals surface area (Å²) in [4.78, 5) is 8.88. The van der Waals surface area contributed by atoms with E-state index in [1.165, 1.54) is 28.8 Å². The van der Waals surface area contributed by atoms with Crippen LogP contribution in [-0.2, 0) is 12.8 Å². The van der Waals surface area contributed by atoms with Gasteiger partial charge in [0.15, 0.2) is 5.84 Å². The monoisotopic (exact) mass is 428 g/mol. The van der Waals surface area contributed by atoms with Gasteiger partial charge < -0.3 is 19.7 Å². The maximum atomic E-state index is 9.82. The minimum Gasteiger partial charge on any atom is -0.439 e. The standard InChI is InChI=1S/C26H28N4O2/c1-19-10-11-24(23-9-5-8-22(19)23)32-25-18-20(12-13-27-25)26(28-31)30-16-14-29(15-17-30)21-6-3-2-4-7-21/h2-4,6-7,10-13,18,31H,5,8-9,14-17H2,1H3/b28-26-. The second-order valence-electron chi connectivity index (χ2n) is 8.41. The number of fused-ring (bicyclic) bond motifs is 1. The number of rotatable bonds is 4. The van der Waals surface area contributed by atoms with Crippen molar-refractivity contribution in [3.63, 3.8) is 0 Å². The summed E-state index contributed by atoms with van der Waals surface area (Å²) in [5.41, 5.74) is 6.06. The van der Waals surface area contributed by atoms with Crippen LogP contribution in [0.3, 0.4) is 0 Å². The lowest BCUT2D eigenvalue weighted by Gasteiger charge is -2.37. The molecule has 5 rings (SSSR count). The first-order valence-corrected chi connectivity index (χ1v) is 11.3. The fourth-order valence-electron chi connectivity index (χ4n) is 4.78. The molecule has 0 unspecified atom stereocenters. The third-order valence-corrected chi connectivity index (χ3v) is 6.48. The Hall–Kier alpha value is -3.54. The smallest absolute Gasteiger partial charge is 0.219 e. The summed E-state index contributed by atoms with van der Waals surface area (Å²) >= 11 is 0. The Morgan fingerprint density at radius 2 is 1.75 bits per heavy atom. The van der Waals surface area contributed by atoms with Gasteiger partial charge in [0.1, 0.15) is 5.75 Å². The van der Waals surface area contributed by atoms with Crippen LogP contribution in [0.2, 0.25) is 0 Å². The van der Waals surface area contributed by atoms with Crippen LogP contribution in [0.4, 0.5) is 5.69 Å². The molecule has 0 bridgehead atoms. The molecule has 1 N–H and O–H groups in total. The van der Waals surface area contributed by atoms with Crippen LogP contribution >= 0.6 is 0 Å². The summed E-state index contributed by atoms with van der Waals surface area (Å²) < 4.78 is 6.20. The van der Waals surface area contributed by atoms with Crippen molar-refractivity contribution in [3.8, 4) is 11.6 Å². The van der Waals surface area contributed by atoms with E-state index in [1.807, 2.05) is 24.3 Å². The summed E-state index contributed by atoms with van der Waals surface area (Å²) in [6.45, 7) is 5.45. The lowest BCUT2D eigenvalue weighted by atomic mass is 10.0. The highest BCUT2D eigenvalue weighted by Gasteiger charge is 2.23. The normalized spacial score (nSPS) is 16.2. The molecule has 0 spiro atoms. The molecule has 1 saturated heterocycles. The molecule has 6 heteroatoms. The number of aryl methyl sites for hydroxylation is 1. The maximum absolute atomic E-state index is 9.82. The Bertz CT molecular complexity index is 1120. The van der Waals surface area contributed by atoms with Crippen LogP contribution in [0.25, 0.3) is 0 Å². The number of ether oxygens (including phenoxy) is 1. The number of aromatic nitrogens is 1. The molecule has 2 aliphatic rings. The van der Waals surface area contributed by atoms with Gasteiger partial charge in [0.05, 0.1) is 0 Å². The summed E-state index contributed by atoms with van der Waals surface area (Å²) in [7, 11) is 0. The van der Waals surface area contributed by atoms with Crippen LogP contribution < -0.4 is 9.64 Å². The van der Waals surface area contributed by atoms with Gasteiger partial charge in [-0.15, -0.1) is 0 Å². The Balaban J connectivity index is 1.31. The molecule has 2 heterocycles. The van der Waals surface area contributed by atoms with E-state index in [0.29, 0.717) is 11.7 Å². The van der Waals surface area contributed by atoms with Gasteiger partial charge in [0.2, 0.25) is 5.88 Å². The molecule has 6 nitrogen and oxygen atoms in total.